The van der Waals surface area contributed by atoms with Crippen LogP contribution < -0.4 is 10.1 Å². The summed E-state index contributed by atoms with van der Waals surface area (Å²) in [4.78, 5) is 40.5. The van der Waals surface area contributed by atoms with E-state index >= 15 is 0 Å². The molecule has 0 saturated carbocycles. The lowest BCUT2D eigenvalue weighted by Crippen LogP contribution is -2.48. The van der Waals surface area contributed by atoms with Crippen molar-refractivity contribution in [3.05, 3.63) is 38.8 Å². The number of esters is 1. The van der Waals surface area contributed by atoms with E-state index < -0.39 is 23.7 Å². The van der Waals surface area contributed by atoms with Gasteiger partial charge in [-0.05, 0) is 66.7 Å². The van der Waals surface area contributed by atoms with Gasteiger partial charge in [0.25, 0.3) is 0 Å². The molecule has 0 unspecified atom stereocenters. The number of thioether (sulfide) groups is 1. The molecule has 0 aliphatic carbocycles. The number of benzene rings is 1. The van der Waals surface area contributed by atoms with Crippen LogP contribution in [0.2, 0.25) is 0 Å². The zero-order valence-electron chi connectivity index (χ0n) is 19.6. The number of carbonyl (C=O) groups excluding carboxylic acids is 3. The van der Waals surface area contributed by atoms with Crippen LogP contribution in [0.25, 0.3) is 0 Å². The van der Waals surface area contributed by atoms with Crippen molar-refractivity contribution in [3.63, 3.8) is 0 Å². The van der Waals surface area contributed by atoms with Crippen LogP contribution in [0.3, 0.4) is 0 Å². The molecule has 182 valence electrons. The minimum absolute atomic E-state index is 0.0393. The molecule has 2 aliphatic heterocycles. The number of piperidine rings is 1. The third kappa shape index (κ3) is 5.26. The summed E-state index contributed by atoms with van der Waals surface area (Å²) in [6.45, 7) is 4.08. The van der Waals surface area contributed by atoms with E-state index in [0.717, 1.165) is 31.0 Å². The molecule has 1 N–H and O–H groups in total. The number of likely N-dealkylation sites (tertiary alicyclic amines) is 1. The van der Waals surface area contributed by atoms with Crippen molar-refractivity contribution in [1.29, 1.82) is 5.26 Å². The molecule has 1 saturated heterocycles. The molecule has 3 rings (SSSR count). The molecule has 1 aromatic rings. The molecule has 2 heterocycles. The smallest absolute Gasteiger partial charge is 0.319 e. The number of ether oxygens (including phenoxy) is 2. The normalized spacial score (nSPS) is 24.8. The van der Waals surface area contributed by atoms with Crippen molar-refractivity contribution in [3.8, 4) is 11.8 Å². The molecular formula is C24H28BrN3O5S. The van der Waals surface area contributed by atoms with Crippen LogP contribution in [0.4, 0.5) is 0 Å². The minimum Gasteiger partial charge on any atom is -0.496 e. The number of halogens is 1. The highest BCUT2D eigenvalue weighted by atomic mass is 79.9. The number of hydrogen-bond donors (Lipinski definition) is 1. The number of rotatable bonds is 6. The Hall–Kier alpha value is -2.51. The topological polar surface area (TPSA) is 109 Å². The predicted molar refractivity (Wildman–Crippen MR) is 132 cm³/mol. The maximum absolute atomic E-state index is 13.0. The molecule has 0 spiro atoms. The molecule has 2 aliphatic rings. The Bertz CT molecular complexity index is 1040. The summed E-state index contributed by atoms with van der Waals surface area (Å²) in [6, 6.07) is 7.60. The number of nitriles is 1. The van der Waals surface area contributed by atoms with E-state index in [0.29, 0.717) is 15.8 Å². The van der Waals surface area contributed by atoms with E-state index in [1.165, 1.54) is 14.2 Å². The molecule has 10 heteroatoms. The highest BCUT2D eigenvalue weighted by Gasteiger charge is 2.44. The second kappa shape index (κ2) is 11.3. The first-order chi connectivity index (χ1) is 16.2. The fourth-order valence-electron chi connectivity index (χ4n) is 4.68. The van der Waals surface area contributed by atoms with E-state index in [1.54, 1.807) is 18.2 Å². The van der Waals surface area contributed by atoms with Gasteiger partial charge in [-0.15, -0.1) is 0 Å². The van der Waals surface area contributed by atoms with Gasteiger partial charge in [0.2, 0.25) is 11.8 Å². The van der Waals surface area contributed by atoms with Crippen LogP contribution in [0.5, 0.6) is 5.75 Å². The fraction of sp³-hybridized carbons (Fsp3) is 0.500. The Labute approximate surface area is 212 Å². The lowest BCUT2D eigenvalue weighted by atomic mass is 9.78. The lowest BCUT2D eigenvalue weighted by molar-refractivity contribution is -0.150. The number of allylic oxidation sites excluding steroid dienone is 1. The third-order valence-corrected chi connectivity index (χ3v) is 7.96. The number of nitrogens with zero attached hydrogens (tertiary/aromatic N) is 2. The summed E-state index contributed by atoms with van der Waals surface area (Å²) < 4.78 is 10.8. The van der Waals surface area contributed by atoms with Crippen molar-refractivity contribution < 1.29 is 23.9 Å². The molecule has 1 aromatic carbocycles. The molecule has 2 amide bonds. The molecule has 4 atom stereocenters. The van der Waals surface area contributed by atoms with Gasteiger partial charge < -0.3 is 19.7 Å². The second-order valence-corrected chi connectivity index (χ2v) is 10.3. The van der Waals surface area contributed by atoms with Gasteiger partial charge in [0.1, 0.15) is 11.7 Å². The van der Waals surface area contributed by atoms with Crippen molar-refractivity contribution in [2.24, 2.45) is 5.92 Å². The molecule has 0 aromatic heterocycles. The van der Waals surface area contributed by atoms with Crippen molar-refractivity contribution >= 4 is 45.5 Å². The SMILES string of the molecule is COC(=O)[C@@H]1C(=O)NC(SCC(=O)N2[C@H](C)CCC[C@H]2C)=C(C#N)[C@@H]1c1ccc(OC)c(Br)c1. The van der Waals surface area contributed by atoms with Gasteiger partial charge in [0, 0.05) is 18.0 Å². The molecule has 0 radical (unpaired) electrons. The lowest BCUT2D eigenvalue weighted by Gasteiger charge is -2.39. The summed E-state index contributed by atoms with van der Waals surface area (Å²) in [5.74, 6) is -2.79. The summed E-state index contributed by atoms with van der Waals surface area (Å²) >= 11 is 4.55. The Kier molecular flexibility index (Phi) is 8.66. The summed E-state index contributed by atoms with van der Waals surface area (Å²) in [5.41, 5.74) is 0.793. The summed E-state index contributed by atoms with van der Waals surface area (Å²) in [6.07, 6.45) is 3.00. The standard InChI is InChI=1S/C24H28BrN3O5S/c1-13-6-5-7-14(2)28(13)19(29)12-34-23-16(11-26)20(21(22(30)27-23)24(31)33-4)15-8-9-18(32-3)17(25)10-15/h8-10,13-14,20-21H,5-7,12H2,1-4H3,(H,27,30)/t13-,14-,20+,21+/m1/s1. The minimum atomic E-state index is -1.23. The molecule has 34 heavy (non-hydrogen) atoms. The Morgan fingerprint density at radius 1 is 1.26 bits per heavy atom. The maximum atomic E-state index is 13.0. The quantitative estimate of drug-likeness (QED) is 0.425. The predicted octanol–water partition coefficient (Wildman–Crippen LogP) is 3.72. The average Bonchev–Trinajstić information content (AvgIpc) is 2.81. The van der Waals surface area contributed by atoms with Crippen LogP contribution in [0, 0.1) is 17.2 Å². The van der Waals surface area contributed by atoms with E-state index in [-0.39, 0.29) is 34.3 Å². The van der Waals surface area contributed by atoms with E-state index in [1.807, 2.05) is 18.7 Å². The number of carbonyl (C=O) groups is 3. The average molecular weight is 550 g/mol. The van der Waals surface area contributed by atoms with Gasteiger partial charge in [0.15, 0.2) is 0 Å². The molecule has 8 nitrogen and oxygen atoms in total. The van der Waals surface area contributed by atoms with E-state index in [2.05, 4.69) is 27.3 Å². The second-order valence-electron chi connectivity index (χ2n) is 8.43. The number of hydrogen-bond acceptors (Lipinski definition) is 7. The van der Waals surface area contributed by atoms with Gasteiger partial charge in [0.05, 0.1) is 41.1 Å². The van der Waals surface area contributed by atoms with Crippen LogP contribution in [0.15, 0.2) is 33.3 Å². The highest BCUT2D eigenvalue weighted by Crippen LogP contribution is 2.42. The number of nitrogens with one attached hydrogen (secondary N) is 1. The first-order valence-electron chi connectivity index (χ1n) is 11.0. The summed E-state index contributed by atoms with van der Waals surface area (Å²) in [5, 5.41) is 13.0. The van der Waals surface area contributed by atoms with E-state index in [9.17, 15) is 19.6 Å². The van der Waals surface area contributed by atoms with Crippen LogP contribution in [-0.4, -0.2) is 54.7 Å². The van der Waals surface area contributed by atoms with Crippen molar-refractivity contribution in [2.45, 2.75) is 51.1 Å². The van der Waals surface area contributed by atoms with Gasteiger partial charge in [-0.25, -0.2) is 0 Å². The molecule has 0 bridgehead atoms. The number of methoxy groups -OCH3 is 2. The summed E-state index contributed by atoms with van der Waals surface area (Å²) in [7, 11) is 2.73. The van der Waals surface area contributed by atoms with Gasteiger partial charge in [-0.3, -0.25) is 14.4 Å². The Morgan fingerprint density at radius 3 is 2.50 bits per heavy atom. The van der Waals surface area contributed by atoms with Gasteiger partial charge >= 0.3 is 5.97 Å². The van der Waals surface area contributed by atoms with Crippen molar-refractivity contribution in [1.82, 2.24) is 10.2 Å². The maximum Gasteiger partial charge on any atom is 0.319 e. The van der Waals surface area contributed by atoms with Crippen molar-refractivity contribution in [2.75, 3.05) is 20.0 Å². The monoisotopic (exact) mass is 549 g/mol. The number of amides is 2. The largest absolute Gasteiger partial charge is 0.496 e. The van der Waals surface area contributed by atoms with Gasteiger partial charge in [-0.2, -0.15) is 5.26 Å². The zero-order chi connectivity index (χ0) is 25.0. The molecule has 1 fully saturated rings. The Morgan fingerprint density at radius 2 is 1.94 bits per heavy atom. The first kappa shape index (κ1) is 26.1. The van der Waals surface area contributed by atoms with Crippen LogP contribution in [-0.2, 0) is 19.1 Å². The van der Waals surface area contributed by atoms with Crippen LogP contribution in [0.1, 0.15) is 44.6 Å². The zero-order valence-corrected chi connectivity index (χ0v) is 22.0. The Balaban J connectivity index is 1.96. The first-order valence-corrected chi connectivity index (χ1v) is 12.8. The highest BCUT2D eigenvalue weighted by molar-refractivity contribution is 9.10. The fourth-order valence-corrected chi connectivity index (χ4v) is 6.15. The van der Waals surface area contributed by atoms with Gasteiger partial charge in [-0.1, -0.05) is 17.8 Å². The van der Waals surface area contributed by atoms with E-state index in [4.69, 9.17) is 9.47 Å². The van der Waals surface area contributed by atoms with Crippen LogP contribution >= 0.6 is 27.7 Å². The third-order valence-electron chi connectivity index (χ3n) is 6.34. The molecular weight excluding hydrogens is 522 g/mol.